The van der Waals surface area contributed by atoms with Gasteiger partial charge >= 0.3 is 0 Å². The summed E-state index contributed by atoms with van der Waals surface area (Å²) >= 11 is 0. The van der Waals surface area contributed by atoms with Gasteiger partial charge in [0.2, 0.25) is 0 Å². The summed E-state index contributed by atoms with van der Waals surface area (Å²) in [5.74, 6) is 0.726. The molecule has 2 N–H and O–H groups in total. The smallest absolute Gasteiger partial charge is 0.168 e. The Hall–Kier alpha value is -1.80. The van der Waals surface area contributed by atoms with Crippen molar-refractivity contribution in [2.24, 2.45) is 5.92 Å². The molecule has 7 nitrogen and oxygen atoms in total. The van der Waals surface area contributed by atoms with Crippen LogP contribution in [0.3, 0.4) is 0 Å². The molecule has 0 amide bonds. The molecule has 2 aromatic heterocycles. The molecule has 1 aliphatic heterocycles. The Morgan fingerprint density at radius 1 is 1.35 bits per heavy atom. The molecule has 1 aliphatic carbocycles. The van der Waals surface area contributed by atoms with Crippen molar-refractivity contribution in [3.63, 3.8) is 0 Å². The topological polar surface area (TPSA) is 85.1 Å². The fourth-order valence-corrected chi connectivity index (χ4v) is 4.11. The lowest BCUT2D eigenvalue weighted by atomic mass is 10.00. The maximum Gasteiger partial charge on any atom is 0.168 e. The van der Waals surface area contributed by atoms with Crippen molar-refractivity contribution >= 4 is 17.0 Å². The minimum absolute atomic E-state index is 0.123. The van der Waals surface area contributed by atoms with Crippen LogP contribution in [0.4, 0.5) is 10.2 Å². The van der Waals surface area contributed by atoms with Gasteiger partial charge in [-0.1, -0.05) is 26.7 Å². The van der Waals surface area contributed by atoms with E-state index in [1.165, 1.54) is 12.8 Å². The lowest BCUT2D eigenvalue weighted by Gasteiger charge is -2.17. The van der Waals surface area contributed by atoms with Gasteiger partial charge in [0.25, 0.3) is 0 Å². The van der Waals surface area contributed by atoms with Crippen molar-refractivity contribution in [2.45, 2.75) is 77.1 Å². The van der Waals surface area contributed by atoms with Gasteiger partial charge in [-0.15, -0.1) is 0 Å². The Morgan fingerprint density at radius 3 is 2.77 bits per heavy atom. The molecular weight excluding hydrogens is 337 g/mol. The molecule has 1 saturated carbocycles. The van der Waals surface area contributed by atoms with Gasteiger partial charge < -0.3 is 15.2 Å². The van der Waals surface area contributed by atoms with E-state index < -0.39 is 12.4 Å². The number of aliphatic hydroxyl groups is 1. The minimum Gasteiger partial charge on any atom is -0.388 e. The second kappa shape index (κ2) is 7.08. The highest BCUT2D eigenvalue weighted by Gasteiger charge is 2.43. The summed E-state index contributed by atoms with van der Waals surface area (Å²) in [6, 6.07) is 0.353. The Balaban J connectivity index is 1.72. The first-order valence-corrected chi connectivity index (χ1v) is 9.52. The number of aromatic nitrogens is 4. The zero-order valence-electron chi connectivity index (χ0n) is 15.2. The van der Waals surface area contributed by atoms with Gasteiger partial charge in [0.1, 0.15) is 6.61 Å². The van der Waals surface area contributed by atoms with Crippen LogP contribution in [-0.4, -0.2) is 42.9 Å². The van der Waals surface area contributed by atoms with E-state index in [0.29, 0.717) is 28.8 Å². The molecule has 2 aromatic rings. The van der Waals surface area contributed by atoms with Crippen molar-refractivity contribution in [2.75, 3.05) is 5.32 Å². The van der Waals surface area contributed by atoms with Crippen LogP contribution in [0.15, 0.2) is 6.33 Å². The van der Waals surface area contributed by atoms with Crippen LogP contribution in [0.25, 0.3) is 11.2 Å². The number of ether oxygens (including phenoxy) is 1. The van der Waals surface area contributed by atoms with Crippen LogP contribution in [-0.2, 0) is 11.3 Å². The van der Waals surface area contributed by atoms with Gasteiger partial charge in [0.15, 0.2) is 35.2 Å². The number of alkyl halides is 1. The van der Waals surface area contributed by atoms with E-state index in [9.17, 15) is 9.50 Å². The minimum atomic E-state index is -1.13. The average molecular weight is 363 g/mol. The summed E-state index contributed by atoms with van der Waals surface area (Å²) in [4.78, 5) is 13.2. The van der Waals surface area contributed by atoms with Gasteiger partial charge in [0, 0.05) is 12.0 Å². The fourth-order valence-electron chi connectivity index (χ4n) is 4.11. The van der Waals surface area contributed by atoms with Crippen LogP contribution < -0.4 is 5.32 Å². The highest BCUT2D eigenvalue weighted by Crippen LogP contribution is 2.39. The molecule has 2 fully saturated rings. The predicted octanol–water partition coefficient (Wildman–Crippen LogP) is 2.95. The van der Waals surface area contributed by atoms with E-state index in [1.54, 1.807) is 10.9 Å². The third kappa shape index (κ3) is 2.95. The molecule has 0 spiro atoms. The van der Waals surface area contributed by atoms with E-state index in [2.05, 4.69) is 20.3 Å². The zero-order valence-corrected chi connectivity index (χ0v) is 15.2. The Labute approximate surface area is 152 Å². The summed E-state index contributed by atoms with van der Waals surface area (Å²) in [6.45, 7) is 3.59. The number of anilines is 1. The summed E-state index contributed by atoms with van der Waals surface area (Å²) in [5.41, 5.74) is 1.10. The molecule has 4 rings (SSSR count). The predicted molar refractivity (Wildman–Crippen MR) is 95.4 cm³/mol. The van der Waals surface area contributed by atoms with Crippen molar-refractivity contribution in [1.82, 2.24) is 19.5 Å². The van der Waals surface area contributed by atoms with Crippen LogP contribution >= 0.6 is 0 Å². The maximum atomic E-state index is 14.8. The fraction of sp³-hybridized carbons (Fsp3) is 0.722. The number of rotatable bonds is 5. The van der Waals surface area contributed by atoms with E-state index in [1.807, 2.05) is 13.8 Å². The third-order valence-corrected chi connectivity index (χ3v) is 5.66. The Bertz CT molecular complexity index is 776. The van der Waals surface area contributed by atoms with Crippen molar-refractivity contribution in [3.8, 4) is 0 Å². The largest absolute Gasteiger partial charge is 0.388 e. The average Bonchev–Trinajstić information content (AvgIpc) is 3.36. The summed E-state index contributed by atoms with van der Waals surface area (Å²) < 4.78 is 22.4. The number of aliphatic hydroxyl groups excluding tert-OH is 1. The summed E-state index contributed by atoms with van der Waals surface area (Å²) in [6.07, 6.45) is 4.91. The van der Waals surface area contributed by atoms with E-state index in [0.717, 1.165) is 19.3 Å². The molecule has 8 heteroatoms. The highest BCUT2D eigenvalue weighted by atomic mass is 19.1. The first-order valence-electron chi connectivity index (χ1n) is 9.52. The van der Waals surface area contributed by atoms with Crippen LogP contribution in [0.2, 0.25) is 0 Å². The molecule has 4 atom stereocenters. The van der Waals surface area contributed by atoms with Gasteiger partial charge in [0.05, 0.1) is 12.4 Å². The molecule has 0 aromatic carbocycles. The number of hydrogen-bond acceptors (Lipinski definition) is 6. The normalized spacial score (nSPS) is 29.7. The van der Waals surface area contributed by atoms with E-state index in [4.69, 9.17) is 4.74 Å². The van der Waals surface area contributed by atoms with Gasteiger partial charge in [-0.3, -0.25) is 4.57 Å². The second-order valence-electron chi connectivity index (χ2n) is 7.37. The molecule has 0 radical (unpaired) electrons. The second-order valence-corrected chi connectivity index (χ2v) is 7.37. The number of imidazole rings is 1. The van der Waals surface area contributed by atoms with Crippen molar-refractivity contribution < 1.29 is 14.2 Å². The lowest BCUT2D eigenvalue weighted by Crippen LogP contribution is -2.20. The number of nitrogens with zero attached hydrogens (tertiary/aromatic N) is 4. The third-order valence-electron chi connectivity index (χ3n) is 5.66. The Kier molecular flexibility index (Phi) is 4.79. The van der Waals surface area contributed by atoms with E-state index in [-0.39, 0.29) is 18.6 Å². The van der Waals surface area contributed by atoms with Gasteiger partial charge in [-0.2, -0.15) is 0 Å². The van der Waals surface area contributed by atoms with Crippen LogP contribution in [0.5, 0.6) is 0 Å². The first-order chi connectivity index (χ1) is 12.6. The quantitative estimate of drug-likeness (QED) is 0.850. The molecule has 3 heterocycles. The molecular formula is C18H26FN5O2. The van der Waals surface area contributed by atoms with Gasteiger partial charge in [-0.25, -0.2) is 19.3 Å². The highest BCUT2D eigenvalue weighted by molar-refractivity contribution is 5.83. The molecule has 0 unspecified atom stereocenters. The molecule has 26 heavy (non-hydrogen) atoms. The molecule has 0 bridgehead atoms. The maximum absolute atomic E-state index is 14.8. The SMILES string of the molecule is CC[C@H]1O[C@@H](n2cnc3c(NC4CCCC4)nc(CO)nc32)[C@@H](F)[C@@H]1C. The molecule has 1 saturated heterocycles. The Morgan fingerprint density at radius 2 is 2.12 bits per heavy atom. The number of fused-ring (bicyclic) bond motifs is 1. The first kappa shape index (κ1) is 17.6. The summed E-state index contributed by atoms with van der Waals surface area (Å²) in [7, 11) is 0. The molecule has 2 aliphatic rings. The van der Waals surface area contributed by atoms with Gasteiger partial charge in [-0.05, 0) is 19.3 Å². The van der Waals surface area contributed by atoms with Crippen molar-refractivity contribution in [1.29, 1.82) is 0 Å². The monoisotopic (exact) mass is 363 g/mol. The number of nitrogens with one attached hydrogen (secondary N) is 1. The standard InChI is InChI=1S/C18H26FN5O2/c1-3-12-10(2)14(19)18(26-12)24-9-20-15-16(21-11-6-4-5-7-11)22-13(8-25)23-17(15)24/h9-12,14,18,25H,3-8H2,1-2H3,(H,21,22,23)/t10-,12-,14+,18-/m1/s1. The van der Waals surface area contributed by atoms with Crippen LogP contribution in [0.1, 0.15) is 58.0 Å². The zero-order chi connectivity index (χ0) is 18.3. The molecule has 142 valence electrons. The summed E-state index contributed by atoms with van der Waals surface area (Å²) in [5, 5.41) is 13.0. The number of hydrogen-bond donors (Lipinski definition) is 2. The number of halogens is 1. The van der Waals surface area contributed by atoms with Crippen molar-refractivity contribution in [3.05, 3.63) is 12.2 Å². The van der Waals surface area contributed by atoms with E-state index >= 15 is 0 Å². The lowest BCUT2D eigenvalue weighted by molar-refractivity contribution is -0.0186. The van der Waals surface area contributed by atoms with Crippen LogP contribution in [0, 0.1) is 5.92 Å².